The van der Waals surface area contributed by atoms with E-state index in [4.69, 9.17) is 9.47 Å². The van der Waals surface area contributed by atoms with Gasteiger partial charge in [-0.05, 0) is 59.1 Å². The van der Waals surface area contributed by atoms with Gasteiger partial charge in [-0.3, -0.25) is 10.1 Å². The van der Waals surface area contributed by atoms with Gasteiger partial charge in [0, 0.05) is 18.4 Å². The molecule has 1 fully saturated rings. The molecule has 1 heterocycles. The van der Waals surface area contributed by atoms with Gasteiger partial charge in [-0.25, -0.2) is 0 Å². The SMILES string of the molecule is CCOC(=O)C(C)(CCCSCC1CCCO1)NC(C)C. The number of hydrogen-bond donors (Lipinski definition) is 1. The van der Waals surface area contributed by atoms with Crippen LogP contribution >= 0.6 is 11.8 Å². The highest BCUT2D eigenvalue weighted by Gasteiger charge is 2.34. The molecule has 2 atom stereocenters. The molecule has 1 saturated heterocycles. The first kappa shape index (κ1) is 18.8. The lowest BCUT2D eigenvalue weighted by Gasteiger charge is -2.30. The van der Waals surface area contributed by atoms with E-state index in [-0.39, 0.29) is 12.0 Å². The molecule has 21 heavy (non-hydrogen) atoms. The molecule has 4 nitrogen and oxygen atoms in total. The second-order valence-corrected chi connectivity index (χ2v) is 7.31. The lowest BCUT2D eigenvalue weighted by Crippen LogP contribution is -2.53. The molecule has 1 N–H and O–H groups in total. The lowest BCUT2D eigenvalue weighted by atomic mass is 9.95. The first-order valence-corrected chi connectivity index (χ1v) is 9.27. The Bertz CT molecular complexity index is 306. The number of ether oxygens (including phenoxy) is 2. The monoisotopic (exact) mass is 317 g/mol. The van der Waals surface area contributed by atoms with Crippen LogP contribution in [0.4, 0.5) is 0 Å². The smallest absolute Gasteiger partial charge is 0.326 e. The topological polar surface area (TPSA) is 47.6 Å². The molecule has 0 bridgehead atoms. The minimum atomic E-state index is -0.575. The van der Waals surface area contributed by atoms with E-state index in [1.54, 1.807) is 0 Å². The van der Waals surface area contributed by atoms with Gasteiger partial charge in [0.05, 0.1) is 12.7 Å². The molecule has 0 aliphatic carbocycles. The maximum Gasteiger partial charge on any atom is 0.326 e. The fraction of sp³-hybridized carbons (Fsp3) is 0.938. The molecule has 0 spiro atoms. The van der Waals surface area contributed by atoms with Gasteiger partial charge in [-0.1, -0.05) is 0 Å². The van der Waals surface area contributed by atoms with Crippen molar-refractivity contribution < 1.29 is 14.3 Å². The molecule has 0 aromatic rings. The van der Waals surface area contributed by atoms with Crippen molar-refractivity contribution in [2.45, 2.75) is 71.1 Å². The van der Waals surface area contributed by atoms with Crippen LogP contribution in [0.5, 0.6) is 0 Å². The summed E-state index contributed by atoms with van der Waals surface area (Å²) in [4.78, 5) is 12.2. The predicted molar refractivity (Wildman–Crippen MR) is 88.8 cm³/mol. The van der Waals surface area contributed by atoms with Crippen LogP contribution in [0.1, 0.15) is 53.4 Å². The summed E-state index contributed by atoms with van der Waals surface area (Å²) in [7, 11) is 0. The third-order valence-electron chi connectivity index (χ3n) is 3.63. The quantitative estimate of drug-likeness (QED) is 0.496. The largest absolute Gasteiger partial charge is 0.465 e. The summed E-state index contributed by atoms with van der Waals surface area (Å²) in [6, 6.07) is 0.263. The van der Waals surface area contributed by atoms with Crippen LogP contribution in [-0.4, -0.2) is 48.4 Å². The maximum absolute atomic E-state index is 12.2. The van der Waals surface area contributed by atoms with E-state index in [9.17, 15) is 4.79 Å². The van der Waals surface area contributed by atoms with Crippen LogP contribution in [0.3, 0.4) is 0 Å². The molecule has 5 heteroatoms. The van der Waals surface area contributed by atoms with Gasteiger partial charge in [-0.15, -0.1) is 0 Å². The Kier molecular flexibility index (Phi) is 8.67. The number of nitrogens with one attached hydrogen (secondary N) is 1. The molecule has 0 saturated carbocycles. The zero-order valence-corrected chi connectivity index (χ0v) is 14.8. The summed E-state index contributed by atoms with van der Waals surface area (Å²) in [6.45, 7) is 9.28. The highest BCUT2D eigenvalue weighted by atomic mass is 32.2. The van der Waals surface area contributed by atoms with E-state index in [2.05, 4.69) is 19.2 Å². The Morgan fingerprint density at radius 3 is 2.86 bits per heavy atom. The third kappa shape index (κ3) is 7.02. The molecule has 124 valence electrons. The second-order valence-electron chi connectivity index (χ2n) is 6.17. The number of carbonyl (C=O) groups is 1. The average molecular weight is 317 g/mol. The number of carbonyl (C=O) groups excluding carboxylic acids is 1. The van der Waals surface area contributed by atoms with Gasteiger partial charge in [0.2, 0.25) is 0 Å². The van der Waals surface area contributed by atoms with Crippen molar-refractivity contribution in [3.8, 4) is 0 Å². The minimum Gasteiger partial charge on any atom is -0.465 e. The summed E-state index contributed by atoms with van der Waals surface area (Å²) in [5.74, 6) is 2.00. The molecular weight excluding hydrogens is 286 g/mol. The minimum absolute atomic E-state index is 0.136. The van der Waals surface area contributed by atoms with Gasteiger partial charge < -0.3 is 9.47 Å². The van der Waals surface area contributed by atoms with E-state index < -0.39 is 5.54 Å². The van der Waals surface area contributed by atoms with Gasteiger partial charge in [0.1, 0.15) is 5.54 Å². The van der Waals surface area contributed by atoms with E-state index in [0.717, 1.165) is 31.0 Å². The van der Waals surface area contributed by atoms with Gasteiger partial charge in [-0.2, -0.15) is 11.8 Å². The van der Waals surface area contributed by atoms with Gasteiger partial charge >= 0.3 is 5.97 Å². The lowest BCUT2D eigenvalue weighted by molar-refractivity contribution is -0.151. The van der Waals surface area contributed by atoms with E-state index in [1.807, 2.05) is 25.6 Å². The summed E-state index contributed by atoms with van der Waals surface area (Å²) in [6.07, 6.45) is 4.65. The summed E-state index contributed by atoms with van der Waals surface area (Å²) in [5, 5.41) is 3.36. The van der Waals surface area contributed by atoms with Crippen molar-refractivity contribution in [1.29, 1.82) is 0 Å². The van der Waals surface area contributed by atoms with Crippen LogP contribution in [0.25, 0.3) is 0 Å². The first-order valence-electron chi connectivity index (χ1n) is 8.12. The molecule has 0 radical (unpaired) electrons. The average Bonchev–Trinajstić information content (AvgIpc) is 2.91. The predicted octanol–water partition coefficient (Wildman–Crippen LogP) is 3.00. The van der Waals surface area contributed by atoms with Crippen LogP contribution in [0, 0.1) is 0 Å². The van der Waals surface area contributed by atoms with E-state index in [1.165, 1.54) is 12.8 Å². The van der Waals surface area contributed by atoms with Gasteiger partial charge in [0.25, 0.3) is 0 Å². The standard InChI is InChI=1S/C16H31NO3S/c1-5-19-15(18)16(4,17-13(2)3)9-7-11-21-12-14-8-6-10-20-14/h13-14,17H,5-12H2,1-4H3. The fourth-order valence-electron chi connectivity index (χ4n) is 2.68. The van der Waals surface area contributed by atoms with Crippen molar-refractivity contribution in [2.75, 3.05) is 24.7 Å². The highest BCUT2D eigenvalue weighted by molar-refractivity contribution is 7.99. The third-order valence-corrected chi connectivity index (χ3v) is 4.81. The zero-order chi connectivity index (χ0) is 15.7. The van der Waals surface area contributed by atoms with Crippen LogP contribution in [-0.2, 0) is 14.3 Å². The van der Waals surface area contributed by atoms with Crippen LogP contribution < -0.4 is 5.32 Å². The maximum atomic E-state index is 12.2. The zero-order valence-electron chi connectivity index (χ0n) is 13.9. The fourth-order valence-corrected chi connectivity index (χ4v) is 3.72. The first-order chi connectivity index (χ1) is 9.98. The number of rotatable bonds is 10. The van der Waals surface area contributed by atoms with E-state index in [0.29, 0.717) is 12.7 Å². The Labute approximate surface area is 133 Å². The highest BCUT2D eigenvalue weighted by Crippen LogP contribution is 2.21. The Morgan fingerprint density at radius 2 is 2.29 bits per heavy atom. The molecule has 0 aromatic carbocycles. The second kappa shape index (κ2) is 9.70. The van der Waals surface area contributed by atoms with Crippen molar-refractivity contribution >= 4 is 17.7 Å². The Morgan fingerprint density at radius 1 is 1.52 bits per heavy atom. The van der Waals surface area contributed by atoms with Crippen molar-refractivity contribution in [1.82, 2.24) is 5.32 Å². The molecule has 0 amide bonds. The van der Waals surface area contributed by atoms with Gasteiger partial charge in [0.15, 0.2) is 0 Å². The summed E-state index contributed by atoms with van der Waals surface area (Å²) >= 11 is 1.93. The Hall–Kier alpha value is -0.260. The number of hydrogen-bond acceptors (Lipinski definition) is 5. The molecule has 1 aliphatic heterocycles. The normalized spacial score (nSPS) is 21.5. The van der Waals surface area contributed by atoms with Crippen molar-refractivity contribution in [3.63, 3.8) is 0 Å². The number of thioether (sulfide) groups is 1. The summed E-state index contributed by atoms with van der Waals surface area (Å²) < 4.78 is 10.8. The Balaban J connectivity index is 2.29. The molecule has 0 aromatic heterocycles. The molecular formula is C16H31NO3S. The van der Waals surface area contributed by atoms with E-state index >= 15 is 0 Å². The molecule has 1 aliphatic rings. The summed E-state index contributed by atoms with van der Waals surface area (Å²) in [5.41, 5.74) is -0.575. The molecule has 2 unspecified atom stereocenters. The van der Waals surface area contributed by atoms with Crippen molar-refractivity contribution in [3.05, 3.63) is 0 Å². The molecule has 1 rings (SSSR count). The van der Waals surface area contributed by atoms with Crippen LogP contribution in [0.2, 0.25) is 0 Å². The number of esters is 1. The van der Waals surface area contributed by atoms with Crippen LogP contribution in [0.15, 0.2) is 0 Å². The van der Waals surface area contributed by atoms with Crippen molar-refractivity contribution in [2.24, 2.45) is 0 Å².